The lowest BCUT2D eigenvalue weighted by atomic mass is 10.0. The number of amides is 1. The molecule has 1 aliphatic heterocycles. The van der Waals surface area contributed by atoms with Crippen molar-refractivity contribution in [3.63, 3.8) is 0 Å². The van der Waals surface area contributed by atoms with Gasteiger partial charge in [0.15, 0.2) is 5.15 Å². The molecule has 0 fully saturated rings. The minimum atomic E-state index is -0.0520. The maximum Gasteiger partial charge on any atom is 0.256 e. The molecular weight excluding hydrogens is 290 g/mol. The van der Waals surface area contributed by atoms with E-state index in [9.17, 15) is 4.79 Å². The number of halogens is 1. The zero-order chi connectivity index (χ0) is 14.8. The molecule has 0 radical (unpaired) electrons. The van der Waals surface area contributed by atoms with Crippen LogP contribution < -0.4 is 4.74 Å². The van der Waals surface area contributed by atoms with E-state index in [0.717, 1.165) is 16.9 Å². The van der Waals surface area contributed by atoms with E-state index in [1.807, 2.05) is 24.3 Å². The summed E-state index contributed by atoms with van der Waals surface area (Å²) < 4.78 is 5.13. The van der Waals surface area contributed by atoms with Crippen molar-refractivity contribution in [1.29, 1.82) is 0 Å². The van der Waals surface area contributed by atoms with E-state index in [2.05, 4.69) is 10.2 Å². The summed E-state index contributed by atoms with van der Waals surface area (Å²) in [5, 5.41) is 7.88. The van der Waals surface area contributed by atoms with Crippen molar-refractivity contribution < 1.29 is 9.53 Å². The van der Waals surface area contributed by atoms with E-state index in [0.29, 0.717) is 30.2 Å². The van der Waals surface area contributed by atoms with Gasteiger partial charge in [-0.1, -0.05) is 23.7 Å². The first-order chi connectivity index (χ1) is 10.2. The van der Waals surface area contributed by atoms with Crippen molar-refractivity contribution in [2.24, 2.45) is 0 Å². The highest BCUT2D eigenvalue weighted by Gasteiger charge is 2.26. The van der Waals surface area contributed by atoms with Crippen LogP contribution in [0.2, 0.25) is 5.15 Å². The van der Waals surface area contributed by atoms with Gasteiger partial charge in [0.05, 0.1) is 18.9 Å². The van der Waals surface area contributed by atoms with Gasteiger partial charge in [0.1, 0.15) is 5.75 Å². The van der Waals surface area contributed by atoms with Gasteiger partial charge in [0.25, 0.3) is 5.91 Å². The highest BCUT2D eigenvalue weighted by atomic mass is 35.5. The Balaban J connectivity index is 1.80. The molecule has 5 nitrogen and oxygen atoms in total. The summed E-state index contributed by atoms with van der Waals surface area (Å²) >= 11 is 5.99. The SMILES string of the molecule is COc1ccc(CN2CCc3c(cnnc3Cl)C2=O)cc1. The van der Waals surface area contributed by atoms with E-state index in [4.69, 9.17) is 16.3 Å². The first-order valence-electron chi connectivity index (χ1n) is 6.61. The molecule has 3 rings (SSSR count). The average molecular weight is 304 g/mol. The third-order valence-corrected chi connectivity index (χ3v) is 3.89. The Bertz CT molecular complexity index is 673. The zero-order valence-corrected chi connectivity index (χ0v) is 12.3. The molecule has 0 spiro atoms. The van der Waals surface area contributed by atoms with Crippen LogP contribution in [0.1, 0.15) is 21.5 Å². The lowest BCUT2D eigenvalue weighted by Gasteiger charge is -2.28. The molecule has 0 saturated heterocycles. The molecule has 0 N–H and O–H groups in total. The first kappa shape index (κ1) is 13.8. The fourth-order valence-corrected chi connectivity index (χ4v) is 2.67. The van der Waals surface area contributed by atoms with Crippen LogP contribution in [0.3, 0.4) is 0 Å². The molecule has 0 bridgehead atoms. The van der Waals surface area contributed by atoms with Gasteiger partial charge in [-0.05, 0) is 24.1 Å². The minimum Gasteiger partial charge on any atom is -0.497 e. The number of hydrogen-bond donors (Lipinski definition) is 0. The van der Waals surface area contributed by atoms with Crippen LogP contribution in [0.25, 0.3) is 0 Å². The Morgan fingerprint density at radius 1 is 1.33 bits per heavy atom. The van der Waals surface area contributed by atoms with Crippen LogP contribution in [0.4, 0.5) is 0 Å². The number of benzene rings is 1. The predicted molar refractivity (Wildman–Crippen MR) is 78.5 cm³/mol. The van der Waals surface area contributed by atoms with E-state index in [1.165, 1.54) is 6.20 Å². The Kier molecular flexibility index (Phi) is 3.75. The van der Waals surface area contributed by atoms with Crippen molar-refractivity contribution in [1.82, 2.24) is 15.1 Å². The van der Waals surface area contributed by atoms with Crippen molar-refractivity contribution in [3.8, 4) is 5.75 Å². The molecule has 0 aliphatic carbocycles. The summed E-state index contributed by atoms with van der Waals surface area (Å²) in [7, 11) is 1.63. The second kappa shape index (κ2) is 5.69. The third-order valence-electron chi connectivity index (χ3n) is 3.59. The standard InChI is InChI=1S/C15H14ClN3O2/c1-21-11-4-2-10(3-5-11)9-19-7-6-12-13(15(19)20)8-17-18-14(12)16/h2-5,8H,6-7,9H2,1H3. The van der Waals surface area contributed by atoms with Crippen LogP contribution >= 0.6 is 11.6 Å². The molecule has 21 heavy (non-hydrogen) atoms. The van der Waals surface area contributed by atoms with Crippen LogP contribution in [0, 0.1) is 0 Å². The second-order valence-electron chi connectivity index (χ2n) is 4.85. The highest BCUT2D eigenvalue weighted by molar-refractivity contribution is 6.30. The summed E-state index contributed by atoms with van der Waals surface area (Å²) in [4.78, 5) is 14.3. The van der Waals surface area contributed by atoms with Crippen LogP contribution in [0.15, 0.2) is 30.5 Å². The maximum atomic E-state index is 12.5. The highest BCUT2D eigenvalue weighted by Crippen LogP contribution is 2.24. The maximum absolute atomic E-state index is 12.5. The van der Waals surface area contributed by atoms with Gasteiger partial charge in [-0.3, -0.25) is 4.79 Å². The molecule has 1 aliphatic rings. The first-order valence-corrected chi connectivity index (χ1v) is 6.99. The molecule has 0 saturated carbocycles. The molecule has 0 unspecified atom stereocenters. The molecule has 2 heterocycles. The van der Waals surface area contributed by atoms with Gasteiger partial charge in [0, 0.05) is 18.7 Å². The summed E-state index contributed by atoms with van der Waals surface area (Å²) in [6.45, 7) is 1.19. The van der Waals surface area contributed by atoms with Crippen molar-refractivity contribution in [2.45, 2.75) is 13.0 Å². The average Bonchev–Trinajstić information content (AvgIpc) is 2.51. The number of carbonyl (C=O) groups excluding carboxylic acids is 1. The van der Waals surface area contributed by atoms with E-state index < -0.39 is 0 Å². The number of ether oxygens (including phenoxy) is 1. The van der Waals surface area contributed by atoms with Gasteiger partial charge in [0.2, 0.25) is 0 Å². The third kappa shape index (κ3) is 2.69. The fourth-order valence-electron chi connectivity index (χ4n) is 2.43. The van der Waals surface area contributed by atoms with E-state index in [1.54, 1.807) is 12.0 Å². The van der Waals surface area contributed by atoms with Crippen LogP contribution in [-0.4, -0.2) is 34.7 Å². The Labute approximate surface area is 127 Å². The number of nitrogens with zero attached hydrogens (tertiary/aromatic N) is 3. The molecule has 108 valence electrons. The Morgan fingerprint density at radius 2 is 2.10 bits per heavy atom. The zero-order valence-electron chi connectivity index (χ0n) is 11.5. The molecule has 1 aromatic carbocycles. The second-order valence-corrected chi connectivity index (χ2v) is 5.21. The van der Waals surface area contributed by atoms with Crippen molar-refractivity contribution >= 4 is 17.5 Å². The normalized spacial score (nSPS) is 14.0. The van der Waals surface area contributed by atoms with Crippen LogP contribution in [0.5, 0.6) is 5.75 Å². The topological polar surface area (TPSA) is 55.3 Å². The molecule has 1 amide bonds. The molecule has 2 aromatic rings. The molecule has 6 heteroatoms. The van der Waals surface area contributed by atoms with Crippen molar-refractivity contribution in [3.05, 3.63) is 52.3 Å². The largest absolute Gasteiger partial charge is 0.497 e. The number of aromatic nitrogens is 2. The van der Waals surface area contributed by atoms with Gasteiger partial charge < -0.3 is 9.64 Å². The number of methoxy groups -OCH3 is 1. The van der Waals surface area contributed by atoms with E-state index in [-0.39, 0.29) is 5.91 Å². The summed E-state index contributed by atoms with van der Waals surface area (Å²) in [6, 6.07) is 7.69. The predicted octanol–water partition coefficient (Wildman–Crippen LogP) is 2.34. The summed E-state index contributed by atoms with van der Waals surface area (Å²) in [5.74, 6) is 0.750. The monoisotopic (exact) mass is 303 g/mol. The molecular formula is C15H14ClN3O2. The number of fused-ring (bicyclic) bond motifs is 1. The van der Waals surface area contributed by atoms with Gasteiger partial charge in [-0.25, -0.2) is 0 Å². The quantitative estimate of drug-likeness (QED) is 0.873. The molecule has 1 aromatic heterocycles. The summed E-state index contributed by atoms with van der Waals surface area (Å²) in [6.07, 6.45) is 2.19. The number of rotatable bonds is 3. The fraction of sp³-hybridized carbons (Fsp3) is 0.267. The minimum absolute atomic E-state index is 0.0520. The van der Waals surface area contributed by atoms with Gasteiger partial charge in [-0.15, -0.1) is 5.10 Å². The molecule has 0 atom stereocenters. The van der Waals surface area contributed by atoms with Crippen molar-refractivity contribution in [2.75, 3.05) is 13.7 Å². The number of carbonyl (C=O) groups is 1. The summed E-state index contributed by atoms with van der Waals surface area (Å²) in [5.41, 5.74) is 2.40. The van der Waals surface area contributed by atoms with Crippen LogP contribution in [-0.2, 0) is 13.0 Å². The lowest BCUT2D eigenvalue weighted by Crippen LogP contribution is -2.37. The Morgan fingerprint density at radius 3 is 2.81 bits per heavy atom. The Hall–Kier alpha value is -2.14. The smallest absolute Gasteiger partial charge is 0.256 e. The van der Waals surface area contributed by atoms with E-state index >= 15 is 0 Å². The number of hydrogen-bond acceptors (Lipinski definition) is 4. The lowest BCUT2D eigenvalue weighted by molar-refractivity contribution is 0.0726. The van der Waals surface area contributed by atoms with Gasteiger partial charge >= 0.3 is 0 Å². The van der Waals surface area contributed by atoms with Gasteiger partial charge in [-0.2, -0.15) is 5.10 Å².